The number of carbonyl (C=O) groups is 1. The molecule has 0 N–H and O–H groups in total. The Kier molecular flexibility index (Phi) is 4.35. The van der Waals surface area contributed by atoms with E-state index in [-0.39, 0.29) is 5.78 Å². The number of hydrogen-bond donors (Lipinski definition) is 0. The average Bonchev–Trinajstić information content (AvgIpc) is 2.47. The molecular formula is C16H17NO3. The zero-order valence-corrected chi connectivity index (χ0v) is 11.8. The summed E-state index contributed by atoms with van der Waals surface area (Å²) in [4.78, 5) is 16.6. The van der Waals surface area contributed by atoms with Crippen molar-refractivity contribution in [3.63, 3.8) is 0 Å². The third-order valence-corrected chi connectivity index (χ3v) is 2.89. The standard InChI is InChI=1S/C16H17NO3/c1-4-20-13-8-12(9-17-10-13)16(18)14-7-11(2)5-6-15(14)19-3/h5-10H,4H2,1-3H3. The molecule has 0 unspecified atom stereocenters. The van der Waals surface area contributed by atoms with Crippen LogP contribution >= 0.6 is 0 Å². The van der Waals surface area contributed by atoms with Crippen LogP contribution < -0.4 is 9.47 Å². The lowest BCUT2D eigenvalue weighted by molar-refractivity contribution is 0.103. The summed E-state index contributed by atoms with van der Waals surface area (Å²) >= 11 is 0. The molecular weight excluding hydrogens is 254 g/mol. The number of benzene rings is 1. The van der Waals surface area contributed by atoms with E-state index in [1.807, 2.05) is 26.0 Å². The number of aryl methyl sites for hydroxylation is 1. The van der Waals surface area contributed by atoms with Crippen molar-refractivity contribution in [1.29, 1.82) is 0 Å². The minimum absolute atomic E-state index is 0.125. The molecule has 0 spiro atoms. The largest absolute Gasteiger partial charge is 0.496 e. The summed E-state index contributed by atoms with van der Waals surface area (Å²) in [5, 5.41) is 0. The van der Waals surface area contributed by atoms with Crippen molar-refractivity contribution in [2.45, 2.75) is 13.8 Å². The molecule has 20 heavy (non-hydrogen) atoms. The first-order chi connectivity index (χ1) is 9.65. The highest BCUT2D eigenvalue weighted by atomic mass is 16.5. The van der Waals surface area contributed by atoms with Crippen LogP contribution in [0.2, 0.25) is 0 Å². The SMILES string of the molecule is CCOc1cncc(C(=O)c2cc(C)ccc2OC)c1. The molecule has 2 rings (SSSR count). The van der Waals surface area contributed by atoms with Crippen LogP contribution in [0.25, 0.3) is 0 Å². The number of ketones is 1. The Balaban J connectivity index is 2.40. The van der Waals surface area contributed by atoms with Crippen LogP contribution in [0, 0.1) is 6.92 Å². The molecule has 0 aliphatic carbocycles. The molecule has 0 atom stereocenters. The van der Waals surface area contributed by atoms with Crippen LogP contribution in [-0.2, 0) is 0 Å². The maximum absolute atomic E-state index is 12.6. The Hall–Kier alpha value is -2.36. The van der Waals surface area contributed by atoms with Crippen molar-refractivity contribution in [2.24, 2.45) is 0 Å². The molecule has 0 amide bonds. The summed E-state index contributed by atoms with van der Waals surface area (Å²) < 4.78 is 10.6. The summed E-state index contributed by atoms with van der Waals surface area (Å²) in [5.41, 5.74) is 2.02. The number of nitrogens with zero attached hydrogens (tertiary/aromatic N) is 1. The summed E-state index contributed by atoms with van der Waals surface area (Å²) in [6.45, 7) is 4.36. The van der Waals surface area contributed by atoms with Gasteiger partial charge >= 0.3 is 0 Å². The van der Waals surface area contributed by atoms with Gasteiger partial charge in [-0.1, -0.05) is 11.6 Å². The summed E-state index contributed by atoms with van der Waals surface area (Å²) in [6.07, 6.45) is 3.13. The number of methoxy groups -OCH3 is 1. The Labute approximate surface area is 118 Å². The van der Waals surface area contributed by atoms with Gasteiger partial charge in [0.15, 0.2) is 5.78 Å². The summed E-state index contributed by atoms with van der Waals surface area (Å²) in [7, 11) is 1.55. The third kappa shape index (κ3) is 2.96. The van der Waals surface area contributed by atoms with Crippen LogP contribution in [0.3, 0.4) is 0 Å². The van der Waals surface area contributed by atoms with Crippen LogP contribution in [0.5, 0.6) is 11.5 Å². The van der Waals surface area contributed by atoms with Crippen LogP contribution in [0.15, 0.2) is 36.7 Å². The van der Waals surface area contributed by atoms with Crippen molar-refractivity contribution >= 4 is 5.78 Å². The predicted molar refractivity (Wildman–Crippen MR) is 76.6 cm³/mol. The second-order valence-electron chi connectivity index (χ2n) is 4.38. The molecule has 0 saturated carbocycles. The normalized spacial score (nSPS) is 10.2. The van der Waals surface area contributed by atoms with Gasteiger partial charge in [0.25, 0.3) is 0 Å². The zero-order valence-electron chi connectivity index (χ0n) is 11.8. The lowest BCUT2D eigenvalue weighted by Crippen LogP contribution is -2.05. The van der Waals surface area contributed by atoms with Gasteiger partial charge in [0.2, 0.25) is 0 Å². The van der Waals surface area contributed by atoms with Crippen molar-refractivity contribution in [2.75, 3.05) is 13.7 Å². The van der Waals surface area contributed by atoms with E-state index in [2.05, 4.69) is 4.98 Å². The van der Waals surface area contributed by atoms with Gasteiger partial charge in [0.05, 0.1) is 25.5 Å². The fourth-order valence-electron chi connectivity index (χ4n) is 1.94. The molecule has 0 aliphatic rings. The van der Waals surface area contributed by atoms with E-state index in [0.717, 1.165) is 5.56 Å². The van der Waals surface area contributed by atoms with Crippen LogP contribution in [-0.4, -0.2) is 24.5 Å². The fraction of sp³-hybridized carbons (Fsp3) is 0.250. The first-order valence-electron chi connectivity index (χ1n) is 6.43. The van der Waals surface area contributed by atoms with Gasteiger partial charge in [-0.2, -0.15) is 0 Å². The van der Waals surface area contributed by atoms with E-state index >= 15 is 0 Å². The molecule has 2 aromatic rings. The van der Waals surface area contributed by atoms with Crippen molar-refractivity contribution in [3.8, 4) is 11.5 Å². The quantitative estimate of drug-likeness (QED) is 0.784. The van der Waals surface area contributed by atoms with E-state index < -0.39 is 0 Å². The summed E-state index contributed by atoms with van der Waals surface area (Å²) in [5.74, 6) is 1.02. The molecule has 0 radical (unpaired) electrons. The molecule has 0 aliphatic heterocycles. The Morgan fingerprint density at radius 1 is 1.25 bits per heavy atom. The van der Waals surface area contributed by atoms with Crippen molar-refractivity contribution in [1.82, 2.24) is 4.98 Å². The first-order valence-corrected chi connectivity index (χ1v) is 6.43. The molecule has 1 aromatic carbocycles. The second kappa shape index (κ2) is 6.19. The Morgan fingerprint density at radius 3 is 2.75 bits per heavy atom. The maximum Gasteiger partial charge on any atom is 0.198 e. The van der Waals surface area contributed by atoms with Gasteiger partial charge in [-0.3, -0.25) is 9.78 Å². The van der Waals surface area contributed by atoms with Gasteiger partial charge in [-0.25, -0.2) is 0 Å². The maximum atomic E-state index is 12.6. The number of hydrogen-bond acceptors (Lipinski definition) is 4. The molecule has 0 saturated heterocycles. The lowest BCUT2D eigenvalue weighted by atomic mass is 10.0. The van der Waals surface area contributed by atoms with Gasteiger partial charge in [-0.05, 0) is 32.0 Å². The molecule has 4 nitrogen and oxygen atoms in total. The second-order valence-corrected chi connectivity index (χ2v) is 4.38. The van der Waals surface area contributed by atoms with Crippen LogP contribution in [0.1, 0.15) is 28.4 Å². The number of pyridine rings is 1. The summed E-state index contributed by atoms with van der Waals surface area (Å²) in [6, 6.07) is 7.21. The minimum Gasteiger partial charge on any atom is -0.496 e. The number of rotatable bonds is 5. The smallest absolute Gasteiger partial charge is 0.198 e. The first kappa shape index (κ1) is 14.1. The van der Waals surface area contributed by atoms with E-state index in [1.165, 1.54) is 6.20 Å². The molecule has 104 valence electrons. The Bertz CT molecular complexity index is 623. The highest BCUT2D eigenvalue weighted by molar-refractivity contribution is 6.10. The molecule has 0 fully saturated rings. The number of aromatic nitrogens is 1. The molecule has 1 heterocycles. The highest BCUT2D eigenvalue weighted by Gasteiger charge is 2.15. The lowest BCUT2D eigenvalue weighted by Gasteiger charge is -2.09. The van der Waals surface area contributed by atoms with E-state index in [9.17, 15) is 4.79 Å². The monoisotopic (exact) mass is 271 g/mol. The van der Waals surface area contributed by atoms with E-state index in [4.69, 9.17) is 9.47 Å². The zero-order chi connectivity index (χ0) is 14.5. The van der Waals surface area contributed by atoms with Gasteiger partial charge in [-0.15, -0.1) is 0 Å². The van der Waals surface area contributed by atoms with Crippen molar-refractivity contribution < 1.29 is 14.3 Å². The predicted octanol–water partition coefficient (Wildman–Crippen LogP) is 3.03. The average molecular weight is 271 g/mol. The van der Waals surface area contributed by atoms with Crippen molar-refractivity contribution in [3.05, 3.63) is 53.3 Å². The third-order valence-electron chi connectivity index (χ3n) is 2.89. The topological polar surface area (TPSA) is 48.4 Å². The van der Waals surface area contributed by atoms with Crippen LogP contribution in [0.4, 0.5) is 0 Å². The molecule has 1 aromatic heterocycles. The minimum atomic E-state index is -0.125. The van der Waals surface area contributed by atoms with Gasteiger partial charge < -0.3 is 9.47 Å². The van der Waals surface area contributed by atoms with E-state index in [0.29, 0.717) is 29.2 Å². The highest BCUT2D eigenvalue weighted by Crippen LogP contribution is 2.24. The number of ether oxygens (including phenoxy) is 2. The molecule has 0 bridgehead atoms. The molecule has 4 heteroatoms. The number of carbonyl (C=O) groups excluding carboxylic acids is 1. The van der Waals surface area contributed by atoms with Gasteiger partial charge in [0, 0.05) is 11.8 Å². The fourth-order valence-corrected chi connectivity index (χ4v) is 1.94. The van der Waals surface area contributed by atoms with Gasteiger partial charge in [0.1, 0.15) is 11.5 Å². The Morgan fingerprint density at radius 2 is 2.05 bits per heavy atom. The van der Waals surface area contributed by atoms with E-state index in [1.54, 1.807) is 25.4 Å².